The molecule has 1 aromatic heterocycles. The van der Waals surface area contributed by atoms with E-state index in [-0.39, 0.29) is 0 Å². The van der Waals surface area contributed by atoms with Crippen LogP contribution in [0, 0.1) is 5.92 Å². The summed E-state index contributed by atoms with van der Waals surface area (Å²) in [6, 6.07) is 0. The highest BCUT2D eigenvalue weighted by atomic mass is 19.3. The summed E-state index contributed by atoms with van der Waals surface area (Å²) in [7, 11) is 0. The summed E-state index contributed by atoms with van der Waals surface area (Å²) in [5, 5.41) is 6.64. The molecule has 1 aliphatic heterocycles. The molecular formula is C7H10F2N4. The van der Waals surface area contributed by atoms with Crippen LogP contribution in [0.4, 0.5) is 14.7 Å². The van der Waals surface area contributed by atoms with Gasteiger partial charge in [0.05, 0.1) is 0 Å². The Morgan fingerprint density at radius 1 is 1.62 bits per heavy atom. The maximum Gasteiger partial charge on any atom is 0.299 e. The van der Waals surface area contributed by atoms with Gasteiger partial charge in [-0.1, -0.05) is 6.92 Å². The van der Waals surface area contributed by atoms with Crippen molar-refractivity contribution in [1.82, 2.24) is 14.8 Å². The number of anilines is 1. The molecule has 0 radical (unpaired) electrons. The zero-order valence-corrected chi connectivity index (χ0v) is 7.17. The Morgan fingerprint density at radius 3 is 3.08 bits per heavy atom. The van der Waals surface area contributed by atoms with Crippen molar-refractivity contribution in [2.24, 2.45) is 5.92 Å². The number of halogens is 2. The molecule has 72 valence electrons. The minimum atomic E-state index is -2.59. The second kappa shape index (κ2) is 2.93. The molecule has 0 aromatic carbocycles. The quantitative estimate of drug-likeness (QED) is 0.721. The molecule has 4 nitrogen and oxygen atoms in total. The molecule has 13 heavy (non-hydrogen) atoms. The van der Waals surface area contributed by atoms with Gasteiger partial charge < -0.3 is 5.32 Å². The van der Waals surface area contributed by atoms with Gasteiger partial charge in [0.2, 0.25) is 11.8 Å². The summed E-state index contributed by atoms with van der Waals surface area (Å²) < 4.78 is 25.9. The molecule has 0 bridgehead atoms. The van der Waals surface area contributed by atoms with E-state index in [4.69, 9.17) is 0 Å². The summed E-state index contributed by atoms with van der Waals surface area (Å²) in [6.07, 6.45) is -2.59. The average Bonchev–Trinajstić information content (AvgIpc) is 2.46. The first-order valence-electron chi connectivity index (χ1n) is 4.13. The number of hydrogen-bond acceptors (Lipinski definition) is 3. The Balaban J connectivity index is 2.28. The van der Waals surface area contributed by atoms with Crippen LogP contribution < -0.4 is 5.32 Å². The first kappa shape index (κ1) is 8.40. The van der Waals surface area contributed by atoms with Crippen LogP contribution in [0.3, 0.4) is 0 Å². The lowest BCUT2D eigenvalue weighted by Crippen LogP contribution is -2.25. The van der Waals surface area contributed by atoms with Gasteiger partial charge in [0.1, 0.15) is 0 Å². The van der Waals surface area contributed by atoms with E-state index in [1.54, 1.807) is 0 Å². The maximum absolute atomic E-state index is 12.2. The number of rotatable bonds is 1. The third-order valence-electron chi connectivity index (χ3n) is 1.98. The van der Waals surface area contributed by atoms with Crippen LogP contribution >= 0.6 is 0 Å². The van der Waals surface area contributed by atoms with Crippen molar-refractivity contribution in [1.29, 1.82) is 0 Å². The van der Waals surface area contributed by atoms with Gasteiger partial charge in [0, 0.05) is 13.1 Å². The molecule has 0 fully saturated rings. The average molecular weight is 188 g/mol. The Morgan fingerprint density at radius 2 is 2.38 bits per heavy atom. The minimum Gasteiger partial charge on any atom is -0.354 e. The summed E-state index contributed by atoms with van der Waals surface area (Å²) in [5.74, 6) is 0.463. The van der Waals surface area contributed by atoms with Gasteiger partial charge in [-0.25, -0.2) is 13.5 Å². The van der Waals surface area contributed by atoms with E-state index in [2.05, 4.69) is 15.4 Å². The van der Waals surface area contributed by atoms with Gasteiger partial charge >= 0.3 is 0 Å². The van der Waals surface area contributed by atoms with Crippen molar-refractivity contribution in [2.75, 3.05) is 11.9 Å². The van der Waals surface area contributed by atoms with Gasteiger partial charge in [-0.3, -0.25) is 0 Å². The van der Waals surface area contributed by atoms with Crippen molar-refractivity contribution in [3.05, 3.63) is 5.82 Å². The van der Waals surface area contributed by atoms with Gasteiger partial charge in [-0.15, -0.1) is 5.10 Å². The van der Waals surface area contributed by atoms with Crippen LogP contribution in [0.5, 0.6) is 0 Å². The van der Waals surface area contributed by atoms with E-state index < -0.39 is 12.2 Å². The molecule has 0 amide bonds. The maximum atomic E-state index is 12.2. The molecule has 0 saturated heterocycles. The summed E-state index contributed by atoms with van der Waals surface area (Å²) in [5.41, 5.74) is 0. The fourth-order valence-corrected chi connectivity index (χ4v) is 1.34. The summed E-state index contributed by atoms with van der Waals surface area (Å²) in [4.78, 5) is 3.68. The van der Waals surface area contributed by atoms with Gasteiger partial charge in [0.25, 0.3) is 6.43 Å². The number of nitrogens with zero attached hydrogens (tertiary/aromatic N) is 3. The second-order valence-electron chi connectivity index (χ2n) is 3.26. The van der Waals surface area contributed by atoms with Crippen LogP contribution in [-0.2, 0) is 6.54 Å². The smallest absolute Gasteiger partial charge is 0.299 e. The Hall–Kier alpha value is -1.20. The van der Waals surface area contributed by atoms with E-state index in [1.807, 2.05) is 6.92 Å². The monoisotopic (exact) mass is 188 g/mol. The van der Waals surface area contributed by atoms with Crippen molar-refractivity contribution in [3.63, 3.8) is 0 Å². The predicted octanol–water partition coefficient (Wildman–Crippen LogP) is 1.28. The molecule has 1 unspecified atom stereocenters. The normalized spacial score (nSPS) is 21.4. The fraction of sp³-hybridized carbons (Fsp3) is 0.714. The minimum absolute atomic E-state index is 0.392. The molecule has 0 saturated carbocycles. The van der Waals surface area contributed by atoms with Gasteiger partial charge in [-0.2, -0.15) is 4.98 Å². The lowest BCUT2D eigenvalue weighted by Gasteiger charge is -2.19. The van der Waals surface area contributed by atoms with Crippen LogP contribution in [0.2, 0.25) is 0 Å². The zero-order valence-electron chi connectivity index (χ0n) is 7.17. The molecule has 2 rings (SSSR count). The van der Waals surface area contributed by atoms with E-state index in [0.29, 0.717) is 18.4 Å². The Bertz CT molecular complexity index is 309. The SMILES string of the molecule is CC1CNc2nc(C(F)F)nn2C1. The number of aromatic nitrogens is 3. The molecule has 2 heterocycles. The highest BCUT2D eigenvalue weighted by Crippen LogP contribution is 2.20. The second-order valence-corrected chi connectivity index (χ2v) is 3.26. The molecule has 1 aliphatic rings. The molecule has 1 atom stereocenters. The van der Waals surface area contributed by atoms with Crippen LogP contribution in [0.15, 0.2) is 0 Å². The van der Waals surface area contributed by atoms with E-state index in [1.165, 1.54) is 4.68 Å². The van der Waals surface area contributed by atoms with E-state index in [9.17, 15) is 8.78 Å². The number of fused-ring (bicyclic) bond motifs is 1. The molecule has 0 aliphatic carbocycles. The molecule has 1 N–H and O–H groups in total. The fourth-order valence-electron chi connectivity index (χ4n) is 1.34. The van der Waals surface area contributed by atoms with E-state index >= 15 is 0 Å². The third kappa shape index (κ3) is 1.48. The largest absolute Gasteiger partial charge is 0.354 e. The highest BCUT2D eigenvalue weighted by molar-refractivity contribution is 5.27. The molecule has 6 heteroatoms. The first-order valence-corrected chi connectivity index (χ1v) is 4.13. The summed E-state index contributed by atoms with van der Waals surface area (Å²) >= 11 is 0. The number of nitrogens with one attached hydrogen (secondary N) is 1. The van der Waals surface area contributed by atoms with Crippen molar-refractivity contribution < 1.29 is 8.78 Å². The van der Waals surface area contributed by atoms with Crippen LogP contribution in [-0.4, -0.2) is 21.3 Å². The standard InChI is InChI=1S/C7H10F2N4/c1-4-2-10-7-11-6(5(8)9)12-13(7)3-4/h4-5H,2-3H2,1H3,(H,10,11,12). The Kier molecular flexibility index (Phi) is 1.90. The Labute approximate surface area is 74.0 Å². The predicted molar refractivity (Wildman–Crippen MR) is 42.6 cm³/mol. The van der Waals surface area contributed by atoms with Crippen molar-refractivity contribution >= 4 is 5.95 Å². The third-order valence-corrected chi connectivity index (χ3v) is 1.98. The van der Waals surface area contributed by atoms with Crippen LogP contribution in [0.25, 0.3) is 0 Å². The molecule has 0 spiro atoms. The van der Waals surface area contributed by atoms with Crippen molar-refractivity contribution in [3.8, 4) is 0 Å². The van der Waals surface area contributed by atoms with Crippen LogP contribution in [0.1, 0.15) is 19.2 Å². The molecular weight excluding hydrogens is 178 g/mol. The number of alkyl halides is 2. The summed E-state index contributed by atoms with van der Waals surface area (Å²) in [6.45, 7) is 3.45. The van der Waals surface area contributed by atoms with Gasteiger partial charge in [-0.05, 0) is 5.92 Å². The van der Waals surface area contributed by atoms with Gasteiger partial charge in [0.15, 0.2) is 0 Å². The number of hydrogen-bond donors (Lipinski definition) is 1. The lowest BCUT2D eigenvalue weighted by atomic mass is 10.1. The molecule has 1 aromatic rings. The highest BCUT2D eigenvalue weighted by Gasteiger charge is 2.21. The lowest BCUT2D eigenvalue weighted by molar-refractivity contribution is 0.140. The zero-order chi connectivity index (χ0) is 9.42. The first-order chi connectivity index (χ1) is 6.16. The topological polar surface area (TPSA) is 42.7 Å². The van der Waals surface area contributed by atoms with Crippen molar-refractivity contribution in [2.45, 2.75) is 19.9 Å². The van der Waals surface area contributed by atoms with E-state index in [0.717, 1.165) is 6.54 Å².